The smallest absolute Gasteiger partial charge is 0.205 e. The van der Waals surface area contributed by atoms with Gasteiger partial charge < -0.3 is 5.32 Å². The monoisotopic (exact) mass is 355 g/mol. The highest BCUT2D eigenvalue weighted by atomic mass is 32.1. The van der Waals surface area contributed by atoms with Gasteiger partial charge in [0, 0.05) is 6.54 Å². The predicted molar refractivity (Wildman–Crippen MR) is 97.4 cm³/mol. The normalized spacial score (nSPS) is 19.0. The van der Waals surface area contributed by atoms with E-state index in [2.05, 4.69) is 39.7 Å². The number of anilines is 1. The molecule has 0 saturated heterocycles. The van der Waals surface area contributed by atoms with Gasteiger partial charge in [0.1, 0.15) is 11.3 Å². The number of hydrogen-bond acceptors (Lipinski definition) is 5. The Kier molecular flexibility index (Phi) is 4.09. The Balaban J connectivity index is 1.48. The fourth-order valence-electron chi connectivity index (χ4n) is 3.14. The lowest BCUT2D eigenvalue weighted by Crippen LogP contribution is -2.23. The minimum atomic E-state index is -0.240. The van der Waals surface area contributed by atoms with Gasteiger partial charge in [0.15, 0.2) is 0 Å². The number of benzene rings is 1. The van der Waals surface area contributed by atoms with Gasteiger partial charge >= 0.3 is 0 Å². The maximum atomic E-state index is 13.1. The molecule has 1 N–H and O–H groups in total. The lowest BCUT2D eigenvalue weighted by atomic mass is 9.77. The zero-order chi connectivity index (χ0) is 17.3. The Bertz CT molecular complexity index is 885. The number of nitrogens with zero attached hydrogens (tertiary/aromatic N) is 4. The fraction of sp³-hybridized carbons (Fsp3) is 0.278. The first kappa shape index (κ1) is 16.0. The van der Waals surface area contributed by atoms with E-state index in [0.717, 1.165) is 35.9 Å². The van der Waals surface area contributed by atoms with Crippen molar-refractivity contribution in [2.45, 2.75) is 19.8 Å². The summed E-state index contributed by atoms with van der Waals surface area (Å²) in [6.07, 6.45) is 8.21. The lowest BCUT2D eigenvalue weighted by molar-refractivity contribution is 0.398. The van der Waals surface area contributed by atoms with Crippen LogP contribution >= 0.6 is 11.3 Å². The molecule has 2 heterocycles. The van der Waals surface area contributed by atoms with Gasteiger partial charge in [-0.2, -0.15) is 5.10 Å². The van der Waals surface area contributed by atoms with E-state index in [1.54, 1.807) is 17.6 Å². The summed E-state index contributed by atoms with van der Waals surface area (Å²) >= 11 is 1.51. The van der Waals surface area contributed by atoms with Gasteiger partial charge in [0.25, 0.3) is 0 Å². The van der Waals surface area contributed by atoms with E-state index in [4.69, 9.17) is 0 Å². The van der Waals surface area contributed by atoms with Gasteiger partial charge in [-0.05, 0) is 54.2 Å². The largest absolute Gasteiger partial charge is 0.360 e. The maximum absolute atomic E-state index is 13.1. The Hall–Kier alpha value is -2.54. The Morgan fingerprint density at radius 2 is 2.16 bits per heavy atom. The summed E-state index contributed by atoms with van der Waals surface area (Å²) < 4.78 is 15.0. The number of hydrogen-bond donors (Lipinski definition) is 1. The number of aromatic nitrogens is 4. The van der Waals surface area contributed by atoms with Crippen LogP contribution in [0.4, 0.5) is 9.52 Å². The molecule has 4 rings (SSSR count). The van der Waals surface area contributed by atoms with Gasteiger partial charge in [-0.1, -0.05) is 24.3 Å². The summed E-state index contributed by atoms with van der Waals surface area (Å²) in [5.41, 5.74) is 4.95. The predicted octanol–water partition coefficient (Wildman–Crippen LogP) is 3.94. The first-order valence-corrected chi connectivity index (χ1v) is 9.03. The first-order chi connectivity index (χ1) is 12.1. The van der Waals surface area contributed by atoms with Crippen molar-refractivity contribution >= 4 is 22.5 Å². The highest BCUT2D eigenvalue weighted by Crippen LogP contribution is 2.35. The highest BCUT2D eigenvalue weighted by Gasteiger charge is 2.28. The van der Waals surface area contributed by atoms with Crippen LogP contribution in [-0.4, -0.2) is 26.5 Å². The molecule has 128 valence electrons. The number of rotatable bonds is 5. The van der Waals surface area contributed by atoms with Crippen LogP contribution in [0.3, 0.4) is 0 Å². The molecular formula is C18H18FN5S. The van der Waals surface area contributed by atoms with E-state index in [0.29, 0.717) is 0 Å². The van der Waals surface area contributed by atoms with Crippen molar-refractivity contribution in [1.29, 1.82) is 0 Å². The quantitative estimate of drug-likeness (QED) is 0.753. The molecule has 7 heteroatoms. The summed E-state index contributed by atoms with van der Waals surface area (Å²) in [5.74, 6) is -0.240. The van der Waals surface area contributed by atoms with Crippen molar-refractivity contribution in [3.63, 3.8) is 0 Å². The van der Waals surface area contributed by atoms with Crippen LogP contribution in [0, 0.1) is 11.2 Å². The summed E-state index contributed by atoms with van der Waals surface area (Å²) in [6.45, 7) is 3.10. The van der Waals surface area contributed by atoms with Crippen molar-refractivity contribution in [2.24, 2.45) is 5.41 Å². The highest BCUT2D eigenvalue weighted by molar-refractivity contribution is 7.13. The Morgan fingerprint density at radius 3 is 2.92 bits per heavy atom. The van der Waals surface area contributed by atoms with Crippen LogP contribution in [0.15, 0.2) is 42.0 Å². The molecule has 1 aliphatic carbocycles. The molecule has 2 aromatic heterocycles. The zero-order valence-corrected chi connectivity index (χ0v) is 14.6. The SMILES string of the molecule is C[C@@]1(CCNc2nncs2)C=Cc2c(cnn2-c2ccc(F)cc2)C1. The van der Waals surface area contributed by atoms with Gasteiger partial charge in [0.05, 0.1) is 17.6 Å². The standard InChI is InChI=1S/C18H18FN5S/c1-18(8-9-20-17-23-21-12-25-17)7-6-16-13(10-18)11-22-24(16)15-4-2-14(19)3-5-15/h2-7,11-12H,8-10H2,1H3,(H,20,23)/t18-/m0/s1. The molecule has 3 aromatic rings. The van der Waals surface area contributed by atoms with Crippen LogP contribution in [-0.2, 0) is 6.42 Å². The number of fused-ring (bicyclic) bond motifs is 1. The third-order valence-corrected chi connectivity index (χ3v) is 5.18. The van der Waals surface area contributed by atoms with Crippen LogP contribution in [0.1, 0.15) is 24.6 Å². The summed E-state index contributed by atoms with van der Waals surface area (Å²) in [5, 5.41) is 16.5. The lowest BCUT2D eigenvalue weighted by Gasteiger charge is -2.29. The van der Waals surface area contributed by atoms with E-state index < -0.39 is 0 Å². The molecule has 1 aromatic carbocycles. The molecule has 25 heavy (non-hydrogen) atoms. The second-order valence-electron chi connectivity index (χ2n) is 6.53. The molecule has 0 aliphatic heterocycles. The van der Waals surface area contributed by atoms with E-state index in [9.17, 15) is 4.39 Å². The van der Waals surface area contributed by atoms with E-state index in [1.165, 1.54) is 29.0 Å². The topological polar surface area (TPSA) is 55.6 Å². The Labute approximate surface area is 149 Å². The minimum absolute atomic E-state index is 0.0708. The van der Waals surface area contributed by atoms with Crippen LogP contribution < -0.4 is 5.32 Å². The molecule has 5 nitrogen and oxygen atoms in total. The van der Waals surface area contributed by atoms with Gasteiger partial charge in [-0.25, -0.2) is 9.07 Å². The second kappa shape index (κ2) is 6.40. The average molecular weight is 355 g/mol. The molecule has 0 unspecified atom stereocenters. The second-order valence-corrected chi connectivity index (χ2v) is 7.36. The van der Waals surface area contributed by atoms with E-state index in [-0.39, 0.29) is 11.2 Å². The van der Waals surface area contributed by atoms with Crippen molar-refractivity contribution in [3.05, 3.63) is 59.1 Å². The maximum Gasteiger partial charge on any atom is 0.205 e. The van der Waals surface area contributed by atoms with E-state index >= 15 is 0 Å². The van der Waals surface area contributed by atoms with Gasteiger partial charge in [-0.3, -0.25) is 0 Å². The molecule has 0 amide bonds. The molecule has 0 bridgehead atoms. The zero-order valence-electron chi connectivity index (χ0n) is 13.8. The molecule has 1 aliphatic rings. The molecule has 0 spiro atoms. The van der Waals surface area contributed by atoms with Crippen molar-refractivity contribution in [1.82, 2.24) is 20.0 Å². The fourth-order valence-corrected chi connectivity index (χ4v) is 3.62. The van der Waals surface area contributed by atoms with Gasteiger partial charge in [0.2, 0.25) is 5.13 Å². The third-order valence-electron chi connectivity index (χ3n) is 4.53. The van der Waals surface area contributed by atoms with Gasteiger partial charge in [-0.15, -0.1) is 10.2 Å². The van der Waals surface area contributed by atoms with Crippen LogP contribution in [0.25, 0.3) is 11.8 Å². The molecular weight excluding hydrogens is 337 g/mol. The minimum Gasteiger partial charge on any atom is -0.360 e. The summed E-state index contributed by atoms with van der Waals surface area (Å²) in [6, 6.07) is 6.41. The van der Waals surface area contributed by atoms with Crippen molar-refractivity contribution < 1.29 is 4.39 Å². The first-order valence-electron chi connectivity index (χ1n) is 8.15. The number of halogens is 1. The van der Waals surface area contributed by atoms with Crippen molar-refractivity contribution in [3.8, 4) is 5.69 Å². The number of allylic oxidation sites excluding steroid dienone is 1. The number of nitrogens with one attached hydrogen (secondary N) is 1. The molecule has 0 saturated carbocycles. The summed E-state index contributed by atoms with van der Waals surface area (Å²) in [7, 11) is 0. The summed E-state index contributed by atoms with van der Waals surface area (Å²) in [4.78, 5) is 0. The molecule has 0 fully saturated rings. The van der Waals surface area contributed by atoms with Crippen LogP contribution in [0.2, 0.25) is 0 Å². The third kappa shape index (κ3) is 3.32. The molecule has 0 radical (unpaired) electrons. The van der Waals surface area contributed by atoms with E-state index in [1.807, 2.05) is 10.9 Å². The molecule has 1 atom stereocenters. The van der Waals surface area contributed by atoms with Crippen molar-refractivity contribution in [2.75, 3.05) is 11.9 Å². The average Bonchev–Trinajstić information content (AvgIpc) is 3.25. The van der Waals surface area contributed by atoms with Crippen LogP contribution in [0.5, 0.6) is 0 Å². The Morgan fingerprint density at radius 1 is 1.32 bits per heavy atom.